The number of ketones is 1. The number of rotatable bonds is 8. The molecule has 1 atom stereocenters. The molecule has 2 N–H and O–H groups in total. The summed E-state index contributed by atoms with van der Waals surface area (Å²) in [6, 6.07) is 19.4. The Morgan fingerprint density at radius 1 is 0.886 bits per heavy atom. The fourth-order valence-corrected chi connectivity index (χ4v) is 4.54. The number of imidazole rings is 1. The molecule has 4 aromatic rings. The van der Waals surface area contributed by atoms with Crippen molar-refractivity contribution in [1.82, 2.24) is 14.9 Å². The van der Waals surface area contributed by atoms with E-state index < -0.39 is 10.0 Å². The van der Waals surface area contributed by atoms with Crippen LogP contribution in [0.25, 0.3) is 5.69 Å². The van der Waals surface area contributed by atoms with Crippen molar-refractivity contribution in [3.63, 3.8) is 0 Å². The average Bonchev–Trinajstić information content (AvgIpc) is 3.39. The summed E-state index contributed by atoms with van der Waals surface area (Å²) in [5, 5.41) is 2.95. The largest absolute Gasteiger partial charge is 0.346 e. The lowest BCUT2D eigenvalue weighted by atomic mass is 10.1. The van der Waals surface area contributed by atoms with Gasteiger partial charge in [0.1, 0.15) is 0 Å². The van der Waals surface area contributed by atoms with Gasteiger partial charge >= 0.3 is 0 Å². The number of carbonyl (C=O) groups excluding carboxylic acids is 2. The van der Waals surface area contributed by atoms with Crippen LogP contribution in [-0.2, 0) is 10.0 Å². The molecule has 0 saturated heterocycles. The van der Waals surface area contributed by atoms with Gasteiger partial charge in [-0.25, -0.2) is 13.4 Å². The first-order valence-electron chi connectivity index (χ1n) is 10.9. The molecule has 9 heteroatoms. The maximum atomic E-state index is 12.7. The van der Waals surface area contributed by atoms with E-state index in [1.54, 1.807) is 24.7 Å². The number of aromatic nitrogens is 2. The van der Waals surface area contributed by atoms with Crippen LogP contribution >= 0.6 is 0 Å². The van der Waals surface area contributed by atoms with Gasteiger partial charge in [0.05, 0.1) is 17.3 Å². The van der Waals surface area contributed by atoms with Gasteiger partial charge in [-0.1, -0.05) is 24.3 Å². The summed E-state index contributed by atoms with van der Waals surface area (Å²) in [7, 11) is -3.83. The standard InChI is InChI=1S/C26H24N4O4S/c1-18(20-5-11-24(12-6-20)30-16-15-27-17-30)28-26(32)22-3-9-23(10-4-22)29-35(33,34)25-13-7-21(8-14-25)19(2)31/h3-18,29H,1-2H3,(H,28,32). The van der Waals surface area contributed by atoms with E-state index in [9.17, 15) is 18.0 Å². The molecular formula is C26H24N4O4S. The number of carbonyl (C=O) groups is 2. The molecule has 1 amide bonds. The first kappa shape index (κ1) is 23.9. The molecule has 0 aliphatic rings. The van der Waals surface area contributed by atoms with E-state index in [4.69, 9.17) is 0 Å². The number of hydrogen-bond donors (Lipinski definition) is 2. The van der Waals surface area contributed by atoms with Crippen molar-refractivity contribution in [1.29, 1.82) is 0 Å². The maximum absolute atomic E-state index is 12.7. The van der Waals surface area contributed by atoms with Crippen molar-refractivity contribution >= 4 is 27.4 Å². The van der Waals surface area contributed by atoms with Crippen LogP contribution < -0.4 is 10.0 Å². The van der Waals surface area contributed by atoms with Crippen LogP contribution in [-0.4, -0.2) is 29.7 Å². The molecule has 35 heavy (non-hydrogen) atoms. The molecule has 0 spiro atoms. The van der Waals surface area contributed by atoms with Crippen LogP contribution in [0.3, 0.4) is 0 Å². The molecule has 0 aliphatic heterocycles. The Labute approximate surface area is 203 Å². The molecule has 3 aromatic carbocycles. The Kier molecular flexibility index (Phi) is 6.79. The molecule has 0 saturated carbocycles. The lowest BCUT2D eigenvalue weighted by molar-refractivity contribution is 0.0939. The third-order valence-corrected chi connectivity index (χ3v) is 6.91. The Bertz CT molecular complexity index is 1430. The second-order valence-electron chi connectivity index (χ2n) is 8.02. The highest BCUT2D eigenvalue weighted by Crippen LogP contribution is 2.19. The molecule has 178 valence electrons. The monoisotopic (exact) mass is 488 g/mol. The van der Waals surface area contributed by atoms with Gasteiger partial charge in [0.2, 0.25) is 0 Å². The molecule has 1 heterocycles. The number of anilines is 1. The van der Waals surface area contributed by atoms with E-state index in [0.717, 1.165) is 11.3 Å². The van der Waals surface area contributed by atoms with Crippen LogP contribution in [0.5, 0.6) is 0 Å². The molecule has 4 rings (SSSR count). The van der Waals surface area contributed by atoms with Gasteiger partial charge in [-0.15, -0.1) is 0 Å². The zero-order valence-electron chi connectivity index (χ0n) is 19.2. The predicted octanol–water partition coefficient (Wildman–Crippen LogP) is 4.37. The molecular weight excluding hydrogens is 464 g/mol. The number of Topliss-reactive ketones (excluding diaryl/α,β-unsaturated/α-hetero) is 1. The van der Waals surface area contributed by atoms with Crippen LogP contribution in [0.15, 0.2) is 96.4 Å². The summed E-state index contributed by atoms with van der Waals surface area (Å²) in [6.07, 6.45) is 5.28. The van der Waals surface area contributed by atoms with E-state index in [1.165, 1.54) is 43.3 Å². The van der Waals surface area contributed by atoms with Crippen molar-refractivity contribution in [3.8, 4) is 5.69 Å². The maximum Gasteiger partial charge on any atom is 0.261 e. The molecule has 0 radical (unpaired) electrons. The van der Waals surface area contributed by atoms with Crippen LogP contribution in [0, 0.1) is 0 Å². The minimum atomic E-state index is -3.83. The fourth-order valence-electron chi connectivity index (χ4n) is 3.48. The molecule has 1 unspecified atom stereocenters. The minimum absolute atomic E-state index is 0.0391. The number of amides is 1. The van der Waals surface area contributed by atoms with Crippen LogP contribution in [0.4, 0.5) is 5.69 Å². The number of benzene rings is 3. The quantitative estimate of drug-likeness (QED) is 0.358. The second-order valence-corrected chi connectivity index (χ2v) is 9.70. The van der Waals surface area contributed by atoms with Gasteiger partial charge in [-0.3, -0.25) is 14.3 Å². The fraction of sp³-hybridized carbons (Fsp3) is 0.115. The van der Waals surface area contributed by atoms with Gasteiger partial charge in [0.15, 0.2) is 5.78 Å². The molecule has 0 fully saturated rings. The van der Waals surface area contributed by atoms with E-state index in [-0.39, 0.29) is 22.6 Å². The Balaban J connectivity index is 1.39. The van der Waals surface area contributed by atoms with Gasteiger partial charge in [-0.2, -0.15) is 0 Å². The van der Waals surface area contributed by atoms with Crippen molar-refractivity contribution in [2.24, 2.45) is 0 Å². The number of nitrogens with zero attached hydrogens (tertiary/aromatic N) is 2. The SMILES string of the molecule is CC(=O)c1ccc(S(=O)(=O)Nc2ccc(C(=O)NC(C)c3ccc(-n4ccnc4)cc3)cc2)cc1. The van der Waals surface area contributed by atoms with Gasteiger partial charge in [-0.05, 0) is 67.9 Å². The predicted molar refractivity (Wildman–Crippen MR) is 133 cm³/mol. The van der Waals surface area contributed by atoms with Crippen LogP contribution in [0.1, 0.15) is 46.2 Å². The summed E-state index contributed by atoms with van der Waals surface area (Å²) >= 11 is 0. The number of nitrogens with one attached hydrogen (secondary N) is 2. The average molecular weight is 489 g/mol. The van der Waals surface area contributed by atoms with E-state index in [1.807, 2.05) is 42.0 Å². The van der Waals surface area contributed by atoms with Gasteiger partial charge in [0.25, 0.3) is 15.9 Å². The van der Waals surface area contributed by atoms with Gasteiger partial charge in [0, 0.05) is 34.9 Å². The first-order chi connectivity index (χ1) is 16.7. The van der Waals surface area contributed by atoms with Gasteiger partial charge < -0.3 is 9.88 Å². The normalized spacial score (nSPS) is 12.1. The Morgan fingerprint density at radius 3 is 2.09 bits per heavy atom. The molecule has 8 nitrogen and oxygen atoms in total. The molecule has 0 aliphatic carbocycles. The van der Waals surface area contributed by atoms with Crippen molar-refractivity contribution in [3.05, 3.63) is 108 Å². The lowest BCUT2D eigenvalue weighted by Gasteiger charge is -2.15. The summed E-state index contributed by atoms with van der Waals surface area (Å²) in [5.74, 6) is -0.415. The molecule has 0 bridgehead atoms. The third kappa shape index (κ3) is 5.64. The molecule has 1 aromatic heterocycles. The van der Waals surface area contributed by atoms with Crippen molar-refractivity contribution in [2.45, 2.75) is 24.8 Å². The summed E-state index contributed by atoms with van der Waals surface area (Å²) in [5.41, 5.74) is 3.07. The minimum Gasteiger partial charge on any atom is -0.346 e. The Hall–Kier alpha value is -4.24. The summed E-state index contributed by atoms with van der Waals surface area (Å²) in [4.78, 5) is 28.2. The second kappa shape index (κ2) is 9.94. The number of sulfonamides is 1. The summed E-state index contributed by atoms with van der Waals surface area (Å²) < 4.78 is 29.6. The van der Waals surface area contributed by atoms with Crippen molar-refractivity contribution in [2.75, 3.05) is 4.72 Å². The zero-order chi connectivity index (χ0) is 25.0. The topological polar surface area (TPSA) is 110 Å². The third-order valence-electron chi connectivity index (χ3n) is 5.51. The highest BCUT2D eigenvalue weighted by atomic mass is 32.2. The zero-order valence-corrected chi connectivity index (χ0v) is 20.0. The first-order valence-corrected chi connectivity index (χ1v) is 12.3. The smallest absolute Gasteiger partial charge is 0.261 e. The summed E-state index contributed by atoms with van der Waals surface area (Å²) in [6.45, 7) is 3.31. The number of hydrogen-bond acceptors (Lipinski definition) is 5. The van der Waals surface area contributed by atoms with Crippen LogP contribution in [0.2, 0.25) is 0 Å². The van der Waals surface area contributed by atoms with E-state index in [0.29, 0.717) is 16.8 Å². The van der Waals surface area contributed by atoms with E-state index in [2.05, 4.69) is 15.0 Å². The van der Waals surface area contributed by atoms with E-state index >= 15 is 0 Å². The lowest BCUT2D eigenvalue weighted by Crippen LogP contribution is -2.26. The highest BCUT2D eigenvalue weighted by molar-refractivity contribution is 7.92. The van der Waals surface area contributed by atoms with Crippen molar-refractivity contribution < 1.29 is 18.0 Å². The highest BCUT2D eigenvalue weighted by Gasteiger charge is 2.16. The Morgan fingerprint density at radius 2 is 1.51 bits per heavy atom.